The third-order valence-corrected chi connectivity index (χ3v) is 3.55. The quantitative estimate of drug-likeness (QED) is 0.865. The average Bonchev–Trinajstić information content (AvgIpc) is 2.46. The number of pyridine rings is 1. The van der Waals surface area contributed by atoms with Crippen LogP contribution in [0.2, 0.25) is 0 Å². The van der Waals surface area contributed by atoms with E-state index in [9.17, 15) is 0 Å². The van der Waals surface area contributed by atoms with Crippen LogP contribution in [0.25, 0.3) is 0 Å². The molecule has 0 radical (unpaired) electrons. The van der Waals surface area contributed by atoms with Crippen LogP contribution in [0.15, 0.2) is 18.3 Å². The molecule has 1 aromatic heterocycles. The van der Waals surface area contributed by atoms with Crippen LogP contribution >= 0.6 is 0 Å². The first-order valence-corrected chi connectivity index (χ1v) is 6.79. The van der Waals surface area contributed by atoms with Gasteiger partial charge in [-0.15, -0.1) is 0 Å². The smallest absolute Gasteiger partial charge is 0.214 e. The molecule has 0 saturated carbocycles. The molecule has 1 atom stereocenters. The van der Waals surface area contributed by atoms with Crippen molar-refractivity contribution in [2.75, 3.05) is 38.2 Å². The van der Waals surface area contributed by atoms with Crippen molar-refractivity contribution >= 4 is 5.69 Å². The molecule has 0 aromatic carbocycles. The third-order valence-electron chi connectivity index (χ3n) is 3.55. The first kappa shape index (κ1) is 13.1. The highest BCUT2D eigenvalue weighted by Gasteiger charge is 2.16. The van der Waals surface area contributed by atoms with E-state index in [1.807, 2.05) is 12.3 Å². The molecule has 18 heavy (non-hydrogen) atoms. The van der Waals surface area contributed by atoms with Crippen molar-refractivity contribution in [2.24, 2.45) is 5.92 Å². The van der Waals surface area contributed by atoms with Crippen molar-refractivity contribution in [3.8, 4) is 5.88 Å². The van der Waals surface area contributed by atoms with Gasteiger partial charge < -0.3 is 15.0 Å². The summed E-state index contributed by atoms with van der Waals surface area (Å²) in [5, 5.41) is 3.47. The highest BCUT2D eigenvalue weighted by atomic mass is 16.5. The minimum absolute atomic E-state index is 0.688. The predicted molar refractivity (Wildman–Crippen MR) is 74.3 cm³/mol. The summed E-state index contributed by atoms with van der Waals surface area (Å²) in [4.78, 5) is 6.56. The topological polar surface area (TPSA) is 37.4 Å². The molecule has 2 rings (SSSR count). The Labute approximate surface area is 109 Å². The number of nitrogens with zero attached hydrogens (tertiary/aromatic N) is 2. The summed E-state index contributed by atoms with van der Waals surface area (Å²) in [6, 6.07) is 4.07. The van der Waals surface area contributed by atoms with Crippen LogP contribution in [-0.4, -0.2) is 38.3 Å². The van der Waals surface area contributed by atoms with E-state index in [0.29, 0.717) is 5.88 Å². The van der Waals surface area contributed by atoms with Gasteiger partial charge in [0.25, 0.3) is 0 Å². The second kappa shape index (κ2) is 6.59. The number of anilines is 1. The van der Waals surface area contributed by atoms with Gasteiger partial charge in [0, 0.05) is 31.0 Å². The number of hydrogen-bond acceptors (Lipinski definition) is 4. The summed E-state index contributed by atoms with van der Waals surface area (Å²) in [7, 11) is 1.66. The largest absolute Gasteiger partial charge is 0.481 e. The van der Waals surface area contributed by atoms with Crippen molar-refractivity contribution in [3.63, 3.8) is 0 Å². The average molecular weight is 249 g/mol. The van der Waals surface area contributed by atoms with Gasteiger partial charge in [-0.05, 0) is 44.8 Å². The molecule has 4 nitrogen and oxygen atoms in total. The van der Waals surface area contributed by atoms with Crippen LogP contribution in [0.1, 0.15) is 19.8 Å². The van der Waals surface area contributed by atoms with Crippen LogP contribution in [0.3, 0.4) is 0 Å². The lowest BCUT2D eigenvalue weighted by atomic mass is 9.99. The highest BCUT2D eigenvalue weighted by molar-refractivity contribution is 5.48. The summed E-state index contributed by atoms with van der Waals surface area (Å²) in [5.41, 5.74) is 1.20. The molecular weight excluding hydrogens is 226 g/mol. The van der Waals surface area contributed by atoms with Gasteiger partial charge in [-0.2, -0.15) is 0 Å². The van der Waals surface area contributed by atoms with E-state index in [1.54, 1.807) is 7.11 Å². The molecule has 0 aliphatic carbocycles. The molecule has 0 spiro atoms. The van der Waals surface area contributed by atoms with Gasteiger partial charge in [-0.3, -0.25) is 0 Å². The van der Waals surface area contributed by atoms with Gasteiger partial charge in [-0.25, -0.2) is 4.98 Å². The Balaban J connectivity index is 2.02. The lowest BCUT2D eigenvalue weighted by Crippen LogP contribution is -2.38. The zero-order chi connectivity index (χ0) is 12.8. The molecule has 0 bridgehead atoms. The van der Waals surface area contributed by atoms with Crippen molar-refractivity contribution in [3.05, 3.63) is 18.3 Å². The van der Waals surface area contributed by atoms with E-state index in [1.165, 1.54) is 25.1 Å². The fraction of sp³-hybridized carbons (Fsp3) is 0.643. The second-order valence-electron chi connectivity index (χ2n) is 4.81. The van der Waals surface area contributed by atoms with E-state index in [4.69, 9.17) is 4.74 Å². The Morgan fingerprint density at radius 3 is 3.11 bits per heavy atom. The Bertz CT molecular complexity index is 364. The second-order valence-corrected chi connectivity index (χ2v) is 4.81. The maximum Gasteiger partial charge on any atom is 0.214 e. The number of nitrogens with one attached hydrogen (secondary N) is 1. The Kier molecular flexibility index (Phi) is 4.81. The Hall–Kier alpha value is -1.29. The molecule has 1 fully saturated rings. The lowest BCUT2D eigenvalue weighted by Gasteiger charge is -2.31. The van der Waals surface area contributed by atoms with Crippen LogP contribution in [0.4, 0.5) is 5.69 Å². The minimum Gasteiger partial charge on any atom is -0.481 e. The summed E-state index contributed by atoms with van der Waals surface area (Å²) in [6.07, 6.45) is 4.43. The maximum absolute atomic E-state index is 5.19. The number of rotatable bonds is 5. The first-order chi connectivity index (χ1) is 8.83. The maximum atomic E-state index is 5.19. The van der Waals surface area contributed by atoms with E-state index >= 15 is 0 Å². The molecule has 0 amide bonds. The SMILES string of the molecule is CCN(CC1CCCNC1)c1ccnc(OC)c1. The predicted octanol–water partition coefficient (Wildman–Crippen LogP) is 1.92. The van der Waals surface area contributed by atoms with Gasteiger partial charge in [0.2, 0.25) is 5.88 Å². The molecular formula is C14H23N3O. The number of ether oxygens (including phenoxy) is 1. The van der Waals surface area contributed by atoms with Crippen molar-refractivity contribution in [1.82, 2.24) is 10.3 Å². The summed E-state index contributed by atoms with van der Waals surface area (Å²) in [6.45, 7) is 6.63. The molecule has 2 heterocycles. The van der Waals surface area contributed by atoms with Crippen LogP contribution in [-0.2, 0) is 0 Å². The monoisotopic (exact) mass is 249 g/mol. The lowest BCUT2D eigenvalue weighted by molar-refractivity contribution is 0.377. The van der Waals surface area contributed by atoms with E-state index in [0.717, 1.165) is 25.6 Å². The minimum atomic E-state index is 0.688. The van der Waals surface area contributed by atoms with E-state index in [2.05, 4.69) is 28.2 Å². The Morgan fingerprint density at radius 2 is 2.44 bits per heavy atom. The molecule has 1 N–H and O–H groups in total. The van der Waals surface area contributed by atoms with Crippen molar-refractivity contribution < 1.29 is 4.74 Å². The van der Waals surface area contributed by atoms with Crippen LogP contribution in [0, 0.1) is 5.92 Å². The summed E-state index contributed by atoms with van der Waals surface area (Å²) in [5.74, 6) is 1.44. The zero-order valence-electron chi connectivity index (χ0n) is 11.4. The molecule has 100 valence electrons. The highest BCUT2D eigenvalue weighted by Crippen LogP contribution is 2.21. The van der Waals surface area contributed by atoms with Crippen LogP contribution < -0.4 is 15.0 Å². The van der Waals surface area contributed by atoms with E-state index < -0.39 is 0 Å². The number of methoxy groups -OCH3 is 1. The van der Waals surface area contributed by atoms with Gasteiger partial charge in [0.05, 0.1) is 7.11 Å². The van der Waals surface area contributed by atoms with Crippen molar-refractivity contribution in [1.29, 1.82) is 0 Å². The van der Waals surface area contributed by atoms with Gasteiger partial charge in [0.15, 0.2) is 0 Å². The summed E-state index contributed by atoms with van der Waals surface area (Å²) < 4.78 is 5.19. The fourth-order valence-electron chi connectivity index (χ4n) is 2.52. The first-order valence-electron chi connectivity index (χ1n) is 6.79. The number of piperidine rings is 1. The van der Waals surface area contributed by atoms with Crippen molar-refractivity contribution in [2.45, 2.75) is 19.8 Å². The zero-order valence-corrected chi connectivity index (χ0v) is 11.4. The fourth-order valence-corrected chi connectivity index (χ4v) is 2.52. The number of aromatic nitrogens is 1. The summed E-state index contributed by atoms with van der Waals surface area (Å²) >= 11 is 0. The van der Waals surface area contributed by atoms with E-state index in [-0.39, 0.29) is 0 Å². The number of hydrogen-bond donors (Lipinski definition) is 1. The molecule has 1 aliphatic rings. The Morgan fingerprint density at radius 1 is 1.56 bits per heavy atom. The normalized spacial score (nSPS) is 19.6. The van der Waals surface area contributed by atoms with Crippen LogP contribution in [0.5, 0.6) is 5.88 Å². The molecule has 1 aromatic rings. The van der Waals surface area contributed by atoms with Gasteiger partial charge in [-0.1, -0.05) is 0 Å². The molecule has 1 unspecified atom stereocenters. The molecule has 1 saturated heterocycles. The standard InChI is InChI=1S/C14H23N3O/c1-3-17(11-12-5-4-7-15-10-12)13-6-8-16-14(9-13)18-2/h6,8-9,12,15H,3-5,7,10-11H2,1-2H3. The van der Waals surface area contributed by atoms with Gasteiger partial charge in [0.1, 0.15) is 0 Å². The molecule has 4 heteroatoms. The third kappa shape index (κ3) is 3.35. The molecule has 1 aliphatic heterocycles. The van der Waals surface area contributed by atoms with Gasteiger partial charge >= 0.3 is 0 Å².